The molecule has 0 saturated carbocycles. The van der Waals surface area contributed by atoms with Gasteiger partial charge in [-0.05, 0) is 19.0 Å². The average molecular weight is 295 g/mol. The summed E-state index contributed by atoms with van der Waals surface area (Å²) in [5.74, 6) is -0.142. The topological polar surface area (TPSA) is 106 Å². The molecule has 7 heteroatoms. The zero-order chi connectivity index (χ0) is 15.4. The number of phenolic OH excluding ortho intramolecular Hbond substituents is 1. The summed E-state index contributed by atoms with van der Waals surface area (Å²) in [6.07, 6.45) is 0.684. The highest BCUT2D eigenvalue weighted by atomic mass is 16.5. The summed E-state index contributed by atoms with van der Waals surface area (Å²) in [6.45, 7) is 1.50. The van der Waals surface area contributed by atoms with Crippen LogP contribution in [0.4, 0.5) is 5.69 Å². The lowest BCUT2D eigenvalue weighted by atomic mass is 10.0. The standard InChI is InChI=1S/C14H21N3O4/c1-20-12-6-9(15)11(18)5-8(12)14(19)17-10-3-4-16-7-13(10)21-2/h5-6,10,13,16,18H,3-4,7,15H2,1-2H3,(H,17,19). The fourth-order valence-corrected chi connectivity index (χ4v) is 2.42. The molecule has 2 unspecified atom stereocenters. The van der Waals surface area contributed by atoms with Crippen LogP contribution < -0.4 is 21.1 Å². The van der Waals surface area contributed by atoms with Crippen LogP contribution in [0, 0.1) is 0 Å². The number of aromatic hydroxyl groups is 1. The highest BCUT2D eigenvalue weighted by Crippen LogP contribution is 2.30. The Kier molecular flexibility index (Phi) is 4.87. The van der Waals surface area contributed by atoms with E-state index in [4.69, 9.17) is 15.2 Å². The summed E-state index contributed by atoms with van der Waals surface area (Å²) in [5, 5.41) is 15.8. The second-order valence-electron chi connectivity index (χ2n) is 4.96. The van der Waals surface area contributed by atoms with E-state index < -0.39 is 0 Å². The molecule has 116 valence electrons. The third-order valence-corrected chi connectivity index (χ3v) is 3.64. The minimum absolute atomic E-state index is 0.0870. The number of nitrogens with two attached hydrogens (primary N) is 1. The van der Waals surface area contributed by atoms with Gasteiger partial charge in [0.25, 0.3) is 5.91 Å². The summed E-state index contributed by atoms with van der Waals surface area (Å²) in [5.41, 5.74) is 6.02. The molecule has 7 nitrogen and oxygen atoms in total. The number of methoxy groups -OCH3 is 2. The first-order valence-corrected chi connectivity index (χ1v) is 6.77. The lowest BCUT2D eigenvalue weighted by Crippen LogP contribution is -2.53. The number of amides is 1. The van der Waals surface area contributed by atoms with Gasteiger partial charge in [-0.2, -0.15) is 0 Å². The van der Waals surface area contributed by atoms with Crippen molar-refractivity contribution in [2.24, 2.45) is 0 Å². The molecule has 5 N–H and O–H groups in total. The Bertz CT molecular complexity index is 521. The van der Waals surface area contributed by atoms with E-state index in [9.17, 15) is 9.90 Å². The van der Waals surface area contributed by atoms with E-state index in [1.54, 1.807) is 7.11 Å². The van der Waals surface area contributed by atoms with Crippen LogP contribution in [0.1, 0.15) is 16.8 Å². The predicted molar refractivity (Wildman–Crippen MR) is 78.6 cm³/mol. The molecule has 1 aliphatic rings. The molecule has 0 aromatic heterocycles. The summed E-state index contributed by atoms with van der Waals surface area (Å²) in [7, 11) is 3.07. The van der Waals surface area contributed by atoms with Crippen LogP contribution in [0.15, 0.2) is 12.1 Å². The minimum Gasteiger partial charge on any atom is -0.506 e. The van der Waals surface area contributed by atoms with Gasteiger partial charge in [0.2, 0.25) is 0 Å². The first kappa shape index (κ1) is 15.4. The van der Waals surface area contributed by atoms with Crippen molar-refractivity contribution in [3.63, 3.8) is 0 Å². The lowest BCUT2D eigenvalue weighted by molar-refractivity contribution is 0.0476. The molecule has 0 spiro atoms. The van der Waals surface area contributed by atoms with Gasteiger partial charge in [0.15, 0.2) is 0 Å². The highest BCUT2D eigenvalue weighted by molar-refractivity contribution is 5.98. The fraction of sp³-hybridized carbons (Fsp3) is 0.500. The van der Waals surface area contributed by atoms with E-state index in [1.807, 2.05) is 0 Å². The maximum atomic E-state index is 12.4. The van der Waals surface area contributed by atoms with Crippen molar-refractivity contribution < 1.29 is 19.4 Å². The van der Waals surface area contributed by atoms with E-state index >= 15 is 0 Å². The van der Waals surface area contributed by atoms with Crippen molar-refractivity contribution >= 4 is 11.6 Å². The van der Waals surface area contributed by atoms with Gasteiger partial charge in [0.05, 0.1) is 30.5 Å². The second-order valence-corrected chi connectivity index (χ2v) is 4.96. The summed E-state index contributed by atoms with van der Waals surface area (Å²) in [6, 6.07) is 2.65. The number of nitrogen functional groups attached to an aromatic ring is 1. The van der Waals surface area contributed by atoms with E-state index in [0.29, 0.717) is 12.3 Å². The molecule has 2 rings (SSSR count). The first-order chi connectivity index (χ1) is 10.1. The van der Waals surface area contributed by atoms with Crippen molar-refractivity contribution in [2.75, 3.05) is 33.0 Å². The van der Waals surface area contributed by atoms with Crippen LogP contribution in [0.25, 0.3) is 0 Å². The van der Waals surface area contributed by atoms with Crippen molar-refractivity contribution in [2.45, 2.75) is 18.6 Å². The van der Waals surface area contributed by atoms with E-state index in [1.165, 1.54) is 19.2 Å². The maximum absolute atomic E-state index is 12.4. The van der Waals surface area contributed by atoms with Gasteiger partial charge in [-0.15, -0.1) is 0 Å². The molecular formula is C14H21N3O4. The monoisotopic (exact) mass is 295 g/mol. The summed E-state index contributed by atoms with van der Waals surface area (Å²) >= 11 is 0. The molecular weight excluding hydrogens is 274 g/mol. The molecule has 1 aliphatic heterocycles. The maximum Gasteiger partial charge on any atom is 0.255 e. The number of hydrogen-bond donors (Lipinski definition) is 4. The average Bonchev–Trinajstić information content (AvgIpc) is 2.50. The Balaban J connectivity index is 2.18. The molecule has 1 aromatic rings. The molecule has 0 radical (unpaired) electrons. The van der Waals surface area contributed by atoms with Gasteiger partial charge in [-0.3, -0.25) is 4.79 Å². The summed E-state index contributed by atoms with van der Waals surface area (Å²) < 4.78 is 10.5. The number of phenols is 1. The van der Waals surface area contributed by atoms with Crippen molar-refractivity contribution in [1.82, 2.24) is 10.6 Å². The van der Waals surface area contributed by atoms with E-state index in [2.05, 4.69) is 10.6 Å². The van der Waals surface area contributed by atoms with E-state index in [-0.39, 0.29) is 35.1 Å². The van der Waals surface area contributed by atoms with Crippen molar-refractivity contribution in [1.29, 1.82) is 0 Å². The SMILES string of the molecule is COc1cc(N)c(O)cc1C(=O)NC1CCNCC1OC. The van der Waals surface area contributed by atoms with Gasteiger partial charge in [-0.25, -0.2) is 0 Å². The molecule has 1 heterocycles. The summed E-state index contributed by atoms with van der Waals surface area (Å²) in [4.78, 5) is 12.4. The van der Waals surface area contributed by atoms with Crippen molar-refractivity contribution in [3.05, 3.63) is 17.7 Å². The van der Waals surface area contributed by atoms with Crippen LogP contribution in [-0.2, 0) is 4.74 Å². The third-order valence-electron chi connectivity index (χ3n) is 3.64. The molecule has 1 aromatic carbocycles. The quantitative estimate of drug-likeness (QED) is 0.463. The van der Waals surface area contributed by atoms with Gasteiger partial charge < -0.3 is 30.9 Å². The molecule has 0 bridgehead atoms. The number of nitrogens with one attached hydrogen (secondary N) is 2. The number of anilines is 1. The Morgan fingerprint density at radius 2 is 2.24 bits per heavy atom. The largest absolute Gasteiger partial charge is 0.506 e. The minimum atomic E-state index is -0.323. The number of hydrogen-bond acceptors (Lipinski definition) is 6. The first-order valence-electron chi connectivity index (χ1n) is 6.77. The highest BCUT2D eigenvalue weighted by Gasteiger charge is 2.27. The zero-order valence-corrected chi connectivity index (χ0v) is 12.2. The van der Waals surface area contributed by atoms with Crippen molar-refractivity contribution in [3.8, 4) is 11.5 Å². The van der Waals surface area contributed by atoms with Gasteiger partial charge in [0.1, 0.15) is 11.5 Å². The molecule has 1 saturated heterocycles. The number of piperidine rings is 1. The second kappa shape index (κ2) is 6.64. The molecule has 0 aliphatic carbocycles. The van der Waals surface area contributed by atoms with Crippen LogP contribution in [0.2, 0.25) is 0 Å². The lowest BCUT2D eigenvalue weighted by Gasteiger charge is -2.31. The van der Waals surface area contributed by atoms with Gasteiger partial charge in [-0.1, -0.05) is 0 Å². The number of ether oxygens (including phenoxy) is 2. The fourth-order valence-electron chi connectivity index (χ4n) is 2.42. The van der Waals surface area contributed by atoms with Crippen LogP contribution in [0.3, 0.4) is 0 Å². The molecule has 1 fully saturated rings. The Morgan fingerprint density at radius 1 is 1.48 bits per heavy atom. The van der Waals surface area contributed by atoms with Crippen LogP contribution in [0.5, 0.6) is 11.5 Å². The number of benzene rings is 1. The number of carbonyl (C=O) groups excluding carboxylic acids is 1. The normalized spacial score (nSPS) is 21.8. The van der Waals surface area contributed by atoms with E-state index in [0.717, 1.165) is 13.0 Å². The predicted octanol–water partition coefficient (Wildman–Crippen LogP) is 0.0897. The van der Waals surface area contributed by atoms with Crippen LogP contribution in [-0.4, -0.2) is 50.5 Å². The Hall–Kier alpha value is -1.99. The van der Waals surface area contributed by atoms with Crippen LogP contribution >= 0.6 is 0 Å². The zero-order valence-electron chi connectivity index (χ0n) is 12.2. The Labute approximate surface area is 123 Å². The number of carbonyl (C=O) groups is 1. The Morgan fingerprint density at radius 3 is 2.90 bits per heavy atom. The molecule has 1 amide bonds. The smallest absolute Gasteiger partial charge is 0.255 e. The number of rotatable bonds is 4. The third kappa shape index (κ3) is 3.37. The molecule has 2 atom stereocenters. The van der Waals surface area contributed by atoms with Gasteiger partial charge in [0, 0.05) is 19.7 Å². The van der Waals surface area contributed by atoms with Gasteiger partial charge >= 0.3 is 0 Å². The molecule has 21 heavy (non-hydrogen) atoms.